The quantitative estimate of drug-likeness (QED) is 0.391. The lowest BCUT2D eigenvalue weighted by atomic mass is 10.0. The van der Waals surface area contributed by atoms with Crippen LogP contribution in [0.2, 0.25) is 0 Å². The van der Waals surface area contributed by atoms with Crippen molar-refractivity contribution >= 4 is 55.0 Å². The molecule has 0 aliphatic heterocycles. The maximum atomic E-state index is 13.7. The number of thiophene rings is 1. The van der Waals surface area contributed by atoms with Crippen LogP contribution in [0.5, 0.6) is 0 Å². The molecule has 34 heavy (non-hydrogen) atoms. The van der Waals surface area contributed by atoms with Gasteiger partial charge >= 0.3 is 6.18 Å². The van der Waals surface area contributed by atoms with Gasteiger partial charge in [0.2, 0.25) is 0 Å². The number of hydrogen-bond donors (Lipinski definition) is 2. The van der Waals surface area contributed by atoms with Gasteiger partial charge in [-0.05, 0) is 41.4 Å². The van der Waals surface area contributed by atoms with E-state index in [9.17, 15) is 22.8 Å². The molecular weight excluding hydrogens is 539 g/mol. The number of carbonyl (C=O) groups is 2. The molecule has 0 bridgehead atoms. The molecule has 4 heterocycles. The van der Waals surface area contributed by atoms with Gasteiger partial charge in [-0.2, -0.15) is 23.4 Å². The SMILES string of the molecule is Cc1nn(C)c(C(=O)Nc2c(C(N)=O)sc3nc(C(F)(F)F)cc(-c4cnn(C)c4C)c23)c1Br. The average molecular weight is 556 g/mol. The molecule has 0 aliphatic carbocycles. The molecule has 0 saturated carbocycles. The highest BCUT2D eigenvalue weighted by Crippen LogP contribution is 2.44. The van der Waals surface area contributed by atoms with Gasteiger partial charge in [-0.15, -0.1) is 11.3 Å². The molecule has 0 atom stereocenters. The van der Waals surface area contributed by atoms with Gasteiger partial charge in [-0.3, -0.25) is 19.0 Å². The first-order valence-corrected chi connectivity index (χ1v) is 11.3. The molecule has 178 valence electrons. The predicted octanol–water partition coefficient (Wildman–Crippen LogP) is 4.18. The van der Waals surface area contributed by atoms with Crippen LogP contribution in [0.15, 0.2) is 16.7 Å². The van der Waals surface area contributed by atoms with Gasteiger partial charge in [-0.1, -0.05) is 0 Å². The van der Waals surface area contributed by atoms with Crippen LogP contribution in [-0.2, 0) is 20.3 Å². The van der Waals surface area contributed by atoms with Crippen molar-refractivity contribution in [1.29, 1.82) is 0 Å². The van der Waals surface area contributed by atoms with E-state index in [4.69, 9.17) is 5.73 Å². The van der Waals surface area contributed by atoms with Crippen molar-refractivity contribution in [2.45, 2.75) is 20.0 Å². The molecule has 9 nitrogen and oxygen atoms in total. The fourth-order valence-corrected chi connectivity index (χ4v) is 5.09. The molecule has 2 amide bonds. The van der Waals surface area contributed by atoms with E-state index in [-0.39, 0.29) is 32.0 Å². The third kappa shape index (κ3) is 3.86. The molecule has 0 saturated heterocycles. The Morgan fingerprint density at radius 2 is 1.85 bits per heavy atom. The highest BCUT2D eigenvalue weighted by molar-refractivity contribution is 9.10. The first-order valence-electron chi connectivity index (χ1n) is 9.65. The van der Waals surface area contributed by atoms with Crippen LogP contribution < -0.4 is 11.1 Å². The standard InChI is InChI=1S/C20H17BrF3N7O2S/c1-7-13(21)15(31(4)29-7)18(33)28-14-12-9(10-6-26-30(3)8(10)2)5-11(20(22,23)24)27-19(12)34-16(14)17(25)32/h5-6H,1-4H3,(H2,25,32)(H,28,33). The molecule has 0 fully saturated rings. The molecule has 4 aromatic rings. The number of hydrogen-bond acceptors (Lipinski definition) is 6. The first-order chi connectivity index (χ1) is 15.8. The summed E-state index contributed by atoms with van der Waals surface area (Å²) in [6.07, 6.45) is -3.32. The molecular formula is C20H17BrF3N7O2S. The second-order valence-corrected chi connectivity index (χ2v) is 9.29. The Hall–Kier alpha value is -3.26. The molecule has 3 N–H and O–H groups in total. The van der Waals surface area contributed by atoms with Gasteiger partial charge < -0.3 is 11.1 Å². The summed E-state index contributed by atoms with van der Waals surface area (Å²) in [6.45, 7) is 3.39. The number of aryl methyl sites for hydroxylation is 3. The minimum Gasteiger partial charge on any atom is -0.365 e. The number of nitrogens with zero attached hydrogens (tertiary/aromatic N) is 5. The van der Waals surface area contributed by atoms with Crippen molar-refractivity contribution in [1.82, 2.24) is 24.5 Å². The zero-order valence-corrected chi connectivity index (χ0v) is 20.6. The number of anilines is 1. The van der Waals surface area contributed by atoms with Gasteiger partial charge in [0.05, 0.1) is 22.1 Å². The zero-order valence-electron chi connectivity index (χ0n) is 18.2. The average Bonchev–Trinajstić information content (AvgIpc) is 3.35. The number of aromatic nitrogens is 5. The van der Waals surface area contributed by atoms with Crippen LogP contribution in [0.1, 0.15) is 37.2 Å². The maximum absolute atomic E-state index is 13.7. The van der Waals surface area contributed by atoms with Gasteiger partial charge in [0.1, 0.15) is 21.1 Å². The number of fused-ring (bicyclic) bond motifs is 1. The minimum atomic E-state index is -4.74. The summed E-state index contributed by atoms with van der Waals surface area (Å²) in [5.41, 5.74) is 6.16. The number of rotatable bonds is 4. The van der Waals surface area contributed by atoms with Crippen molar-refractivity contribution in [3.05, 3.63) is 44.4 Å². The van der Waals surface area contributed by atoms with Crippen LogP contribution in [0.4, 0.5) is 18.9 Å². The van der Waals surface area contributed by atoms with E-state index >= 15 is 0 Å². The zero-order chi connectivity index (χ0) is 25.1. The van der Waals surface area contributed by atoms with E-state index in [0.29, 0.717) is 32.8 Å². The van der Waals surface area contributed by atoms with Crippen molar-refractivity contribution in [2.75, 3.05) is 5.32 Å². The van der Waals surface area contributed by atoms with E-state index < -0.39 is 23.7 Å². The fourth-order valence-electron chi connectivity index (χ4n) is 3.56. The van der Waals surface area contributed by atoms with Crippen LogP contribution in [-0.4, -0.2) is 36.4 Å². The van der Waals surface area contributed by atoms with Gasteiger partial charge in [-0.25, -0.2) is 4.98 Å². The molecule has 0 aliphatic rings. The summed E-state index contributed by atoms with van der Waals surface area (Å²) in [7, 11) is 3.21. The first kappa shape index (κ1) is 23.9. The monoisotopic (exact) mass is 555 g/mol. The summed E-state index contributed by atoms with van der Waals surface area (Å²) in [5, 5.41) is 11.1. The number of primary amides is 1. The summed E-state index contributed by atoms with van der Waals surface area (Å²) in [6, 6.07) is 0.879. The highest BCUT2D eigenvalue weighted by atomic mass is 79.9. The van der Waals surface area contributed by atoms with Crippen LogP contribution >= 0.6 is 27.3 Å². The number of alkyl halides is 3. The highest BCUT2D eigenvalue weighted by Gasteiger charge is 2.35. The van der Waals surface area contributed by atoms with Crippen molar-refractivity contribution in [2.24, 2.45) is 19.8 Å². The van der Waals surface area contributed by atoms with E-state index in [2.05, 4.69) is 36.4 Å². The summed E-state index contributed by atoms with van der Waals surface area (Å²) in [5.74, 6) is -1.55. The van der Waals surface area contributed by atoms with Crippen LogP contribution in [0, 0.1) is 13.8 Å². The predicted molar refractivity (Wildman–Crippen MR) is 124 cm³/mol. The Morgan fingerprint density at radius 3 is 2.35 bits per heavy atom. The Balaban J connectivity index is 2.03. The minimum absolute atomic E-state index is 0.0252. The lowest BCUT2D eigenvalue weighted by molar-refractivity contribution is -0.140. The molecule has 0 aromatic carbocycles. The summed E-state index contributed by atoms with van der Waals surface area (Å²) in [4.78, 5) is 28.9. The van der Waals surface area contributed by atoms with Gasteiger partial charge in [0, 0.05) is 30.7 Å². The van der Waals surface area contributed by atoms with Crippen LogP contribution in [0.3, 0.4) is 0 Å². The van der Waals surface area contributed by atoms with Crippen LogP contribution in [0.25, 0.3) is 21.3 Å². The van der Waals surface area contributed by atoms with Crippen molar-refractivity contribution < 1.29 is 22.8 Å². The lowest BCUT2D eigenvalue weighted by Crippen LogP contribution is -2.19. The smallest absolute Gasteiger partial charge is 0.365 e. The molecule has 14 heteroatoms. The maximum Gasteiger partial charge on any atom is 0.433 e. The topological polar surface area (TPSA) is 121 Å². The number of nitrogens with two attached hydrogens (primary N) is 1. The second-order valence-electron chi connectivity index (χ2n) is 7.50. The van der Waals surface area contributed by atoms with E-state index in [0.717, 1.165) is 6.07 Å². The molecule has 0 radical (unpaired) electrons. The summed E-state index contributed by atoms with van der Waals surface area (Å²) < 4.78 is 44.2. The molecule has 0 unspecified atom stereocenters. The van der Waals surface area contributed by atoms with E-state index in [1.165, 1.54) is 15.6 Å². The fraction of sp³-hybridized carbons (Fsp3) is 0.250. The van der Waals surface area contributed by atoms with Gasteiger partial charge in [0.15, 0.2) is 0 Å². The Bertz CT molecular complexity index is 1490. The van der Waals surface area contributed by atoms with Gasteiger partial charge in [0.25, 0.3) is 11.8 Å². The molecule has 4 rings (SSSR count). The number of carbonyl (C=O) groups excluding carboxylic acids is 2. The third-order valence-corrected chi connectivity index (χ3v) is 7.35. The Labute approximate surface area is 202 Å². The number of amides is 2. The Kier molecular flexibility index (Phi) is 5.76. The largest absolute Gasteiger partial charge is 0.433 e. The Morgan fingerprint density at radius 1 is 1.18 bits per heavy atom. The molecule has 4 aromatic heterocycles. The number of halogens is 4. The van der Waals surface area contributed by atoms with Crippen molar-refractivity contribution in [3.63, 3.8) is 0 Å². The summed E-state index contributed by atoms with van der Waals surface area (Å²) >= 11 is 3.99. The number of pyridine rings is 1. The van der Waals surface area contributed by atoms with E-state index in [1.54, 1.807) is 27.9 Å². The lowest BCUT2D eigenvalue weighted by Gasteiger charge is -2.12. The number of nitrogens with one attached hydrogen (secondary N) is 1. The molecule has 0 spiro atoms. The normalized spacial score (nSPS) is 11.9. The van der Waals surface area contributed by atoms with Crippen molar-refractivity contribution in [3.8, 4) is 11.1 Å². The second kappa shape index (κ2) is 8.20. The third-order valence-electron chi connectivity index (χ3n) is 5.30. The van der Waals surface area contributed by atoms with E-state index in [1.807, 2.05) is 0 Å².